The number of hydrogen-bond acceptors (Lipinski definition) is 6. The van der Waals surface area contributed by atoms with E-state index in [9.17, 15) is 0 Å². The van der Waals surface area contributed by atoms with Crippen molar-refractivity contribution in [1.29, 1.82) is 0 Å². The molecule has 0 aliphatic heterocycles. The molecular formula is C18H20N6. The monoisotopic (exact) mass is 320 g/mol. The molecule has 6 heteroatoms. The van der Waals surface area contributed by atoms with Crippen molar-refractivity contribution in [2.45, 2.75) is 13.3 Å². The molecule has 0 amide bonds. The Bertz CT molecular complexity index is 790. The molecule has 0 saturated carbocycles. The molecular weight excluding hydrogens is 300 g/mol. The number of nitrogens with zero attached hydrogens (tertiary/aromatic N) is 5. The molecule has 0 radical (unpaired) electrons. The van der Waals surface area contributed by atoms with Crippen LogP contribution in [0.4, 0.5) is 17.5 Å². The second-order valence-corrected chi connectivity index (χ2v) is 5.61. The van der Waals surface area contributed by atoms with Crippen molar-refractivity contribution in [2.75, 3.05) is 23.8 Å². The average molecular weight is 320 g/mol. The van der Waals surface area contributed by atoms with E-state index in [1.54, 1.807) is 6.20 Å². The quantitative estimate of drug-likeness (QED) is 0.753. The molecule has 1 N–H and O–H groups in total. The lowest BCUT2D eigenvalue weighted by molar-refractivity contribution is 0.840. The summed E-state index contributed by atoms with van der Waals surface area (Å²) in [6.45, 7) is 2.88. The molecule has 3 rings (SSSR count). The van der Waals surface area contributed by atoms with E-state index < -0.39 is 0 Å². The van der Waals surface area contributed by atoms with E-state index in [1.165, 1.54) is 5.56 Å². The van der Waals surface area contributed by atoms with Gasteiger partial charge in [0.05, 0.1) is 6.20 Å². The summed E-state index contributed by atoms with van der Waals surface area (Å²) in [7, 11) is 2.00. The SMILES string of the molecule is Cc1ccccc1Nc1nncc(N(C)CCc2ccncc2)n1. The van der Waals surface area contributed by atoms with Crippen LogP contribution in [-0.4, -0.2) is 33.8 Å². The molecule has 0 unspecified atom stereocenters. The van der Waals surface area contributed by atoms with Crippen molar-refractivity contribution in [1.82, 2.24) is 20.2 Å². The summed E-state index contributed by atoms with van der Waals surface area (Å²) < 4.78 is 0. The molecule has 6 nitrogen and oxygen atoms in total. The number of aromatic nitrogens is 4. The van der Waals surface area contributed by atoms with E-state index in [2.05, 4.69) is 30.4 Å². The third-order valence-electron chi connectivity index (χ3n) is 3.81. The molecule has 3 aromatic rings. The summed E-state index contributed by atoms with van der Waals surface area (Å²) in [6, 6.07) is 12.1. The van der Waals surface area contributed by atoms with Crippen LogP contribution in [0.3, 0.4) is 0 Å². The first kappa shape index (κ1) is 15.9. The first-order chi connectivity index (χ1) is 11.7. The molecule has 2 aromatic heterocycles. The molecule has 2 heterocycles. The molecule has 0 aliphatic carbocycles. The first-order valence-electron chi connectivity index (χ1n) is 7.85. The number of para-hydroxylation sites is 1. The second-order valence-electron chi connectivity index (χ2n) is 5.61. The third kappa shape index (κ3) is 4.04. The van der Waals surface area contributed by atoms with Crippen LogP contribution in [-0.2, 0) is 6.42 Å². The molecule has 1 aromatic carbocycles. The van der Waals surface area contributed by atoms with Crippen molar-refractivity contribution >= 4 is 17.5 Å². The number of anilines is 3. The summed E-state index contributed by atoms with van der Waals surface area (Å²) in [6.07, 6.45) is 6.22. The van der Waals surface area contributed by atoms with E-state index in [0.29, 0.717) is 5.95 Å². The van der Waals surface area contributed by atoms with Crippen molar-refractivity contribution < 1.29 is 0 Å². The van der Waals surface area contributed by atoms with Crippen LogP contribution in [0.25, 0.3) is 0 Å². The van der Waals surface area contributed by atoms with Gasteiger partial charge >= 0.3 is 0 Å². The summed E-state index contributed by atoms with van der Waals surface area (Å²) in [5.74, 6) is 1.28. The number of pyridine rings is 1. The molecule has 0 aliphatic rings. The molecule has 24 heavy (non-hydrogen) atoms. The van der Waals surface area contributed by atoms with Crippen LogP contribution in [0.5, 0.6) is 0 Å². The van der Waals surface area contributed by atoms with E-state index in [-0.39, 0.29) is 0 Å². The van der Waals surface area contributed by atoms with Gasteiger partial charge in [-0.3, -0.25) is 4.98 Å². The van der Waals surface area contributed by atoms with Gasteiger partial charge in [0.1, 0.15) is 0 Å². The Hall–Kier alpha value is -3.02. The minimum Gasteiger partial charge on any atom is -0.358 e. The normalized spacial score (nSPS) is 10.4. The highest BCUT2D eigenvalue weighted by Gasteiger charge is 2.07. The van der Waals surface area contributed by atoms with Gasteiger partial charge in [0.2, 0.25) is 5.95 Å². The Labute approximate surface area is 141 Å². The largest absolute Gasteiger partial charge is 0.358 e. The molecule has 0 spiro atoms. The summed E-state index contributed by atoms with van der Waals surface area (Å²) in [4.78, 5) is 10.7. The van der Waals surface area contributed by atoms with E-state index >= 15 is 0 Å². The van der Waals surface area contributed by atoms with Gasteiger partial charge in [-0.25, -0.2) is 0 Å². The van der Waals surface area contributed by atoms with Crippen LogP contribution < -0.4 is 10.2 Å². The fraction of sp³-hybridized carbons (Fsp3) is 0.222. The Morgan fingerprint density at radius 1 is 1.08 bits per heavy atom. The zero-order valence-corrected chi connectivity index (χ0v) is 13.8. The average Bonchev–Trinajstić information content (AvgIpc) is 2.63. The predicted octanol–water partition coefficient (Wildman–Crippen LogP) is 3.00. The molecule has 122 valence electrons. The zero-order valence-electron chi connectivity index (χ0n) is 13.8. The lowest BCUT2D eigenvalue weighted by atomic mass is 10.2. The van der Waals surface area contributed by atoms with Gasteiger partial charge in [-0.15, -0.1) is 5.10 Å². The first-order valence-corrected chi connectivity index (χ1v) is 7.85. The van der Waals surface area contributed by atoms with Crippen LogP contribution in [0.1, 0.15) is 11.1 Å². The van der Waals surface area contributed by atoms with Gasteiger partial charge in [0.15, 0.2) is 5.82 Å². The van der Waals surface area contributed by atoms with E-state index in [0.717, 1.165) is 30.0 Å². The van der Waals surface area contributed by atoms with Gasteiger partial charge in [0.25, 0.3) is 0 Å². The molecule has 0 atom stereocenters. The summed E-state index contributed by atoms with van der Waals surface area (Å²) in [5.41, 5.74) is 3.37. The highest BCUT2D eigenvalue weighted by molar-refractivity contribution is 5.58. The third-order valence-corrected chi connectivity index (χ3v) is 3.81. The van der Waals surface area contributed by atoms with Crippen molar-refractivity contribution in [3.05, 3.63) is 66.1 Å². The Kier molecular flexibility index (Phi) is 4.96. The van der Waals surface area contributed by atoms with Gasteiger partial charge in [0, 0.05) is 31.7 Å². The summed E-state index contributed by atoms with van der Waals surface area (Å²) in [5, 5.41) is 11.4. The van der Waals surface area contributed by atoms with Gasteiger partial charge in [-0.2, -0.15) is 10.1 Å². The lowest BCUT2D eigenvalue weighted by Crippen LogP contribution is -2.22. The predicted molar refractivity (Wildman–Crippen MR) is 95.5 cm³/mol. The Morgan fingerprint density at radius 3 is 2.67 bits per heavy atom. The maximum Gasteiger partial charge on any atom is 0.249 e. The fourth-order valence-electron chi connectivity index (χ4n) is 2.33. The zero-order chi connectivity index (χ0) is 16.8. The van der Waals surface area contributed by atoms with Crippen molar-refractivity contribution in [3.8, 4) is 0 Å². The van der Waals surface area contributed by atoms with Crippen LogP contribution >= 0.6 is 0 Å². The minimum absolute atomic E-state index is 0.498. The van der Waals surface area contributed by atoms with Gasteiger partial charge < -0.3 is 10.2 Å². The topological polar surface area (TPSA) is 66.8 Å². The van der Waals surface area contributed by atoms with Crippen molar-refractivity contribution in [2.24, 2.45) is 0 Å². The maximum atomic E-state index is 4.55. The van der Waals surface area contributed by atoms with Gasteiger partial charge in [-0.05, 0) is 42.7 Å². The standard InChI is InChI=1S/C18H20N6/c1-14-5-3-4-6-16(14)21-18-22-17(13-20-23-18)24(2)12-9-15-7-10-19-11-8-15/h3-8,10-11,13H,9,12H2,1-2H3,(H,21,22,23). The number of benzene rings is 1. The van der Waals surface area contributed by atoms with E-state index in [4.69, 9.17) is 0 Å². The van der Waals surface area contributed by atoms with Crippen LogP contribution in [0.2, 0.25) is 0 Å². The second kappa shape index (κ2) is 7.50. The summed E-state index contributed by atoms with van der Waals surface area (Å²) >= 11 is 0. The number of likely N-dealkylation sites (N-methyl/N-ethyl adjacent to an activating group) is 1. The van der Waals surface area contributed by atoms with Crippen LogP contribution in [0.15, 0.2) is 55.0 Å². The highest BCUT2D eigenvalue weighted by atomic mass is 15.3. The smallest absolute Gasteiger partial charge is 0.249 e. The molecule has 0 fully saturated rings. The van der Waals surface area contributed by atoms with Crippen LogP contribution in [0, 0.1) is 6.92 Å². The molecule has 0 bridgehead atoms. The maximum absolute atomic E-state index is 4.55. The number of hydrogen-bond donors (Lipinski definition) is 1. The number of nitrogens with one attached hydrogen (secondary N) is 1. The highest BCUT2D eigenvalue weighted by Crippen LogP contribution is 2.18. The number of aryl methyl sites for hydroxylation is 1. The molecule has 0 saturated heterocycles. The minimum atomic E-state index is 0.498. The van der Waals surface area contributed by atoms with Crippen molar-refractivity contribution in [3.63, 3.8) is 0 Å². The number of rotatable bonds is 6. The lowest BCUT2D eigenvalue weighted by Gasteiger charge is -2.18. The fourth-order valence-corrected chi connectivity index (χ4v) is 2.33. The van der Waals surface area contributed by atoms with E-state index in [1.807, 2.05) is 62.8 Å². The Balaban J connectivity index is 1.67. The van der Waals surface area contributed by atoms with Gasteiger partial charge in [-0.1, -0.05) is 18.2 Å². The Morgan fingerprint density at radius 2 is 1.88 bits per heavy atom.